The van der Waals surface area contributed by atoms with Crippen molar-refractivity contribution in [3.63, 3.8) is 0 Å². The third-order valence-corrected chi connectivity index (χ3v) is 9.16. The molecule has 3 aliphatic heterocycles. The third kappa shape index (κ3) is 3.17. The van der Waals surface area contributed by atoms with Gasteiger partial charge in [-0.3, -0.25) is 9.59 Å². The Morgan fingerprint density at radius 2 is 1.91 bits per heavy atom. The minimum Gasteiger partial charge on any atom is -0.388 e. The van der Waals surface area contributed by atoms with E-state index in [4.69, 9.17) is 14.2 Å². The maximum atomic E-state index is 13.7. The lowest BCUT2D eigenvalue weighted by atomic mass is 9.60. The fourth-order valence-electron chi connectivity index (χ4n) is 7.24. The zero-order chi connectivity index (χ0) is 23.0. The Morgan fingerprint density at radius 3 is 2.62 bits per heavy atom. The fraction of sp³-hybridized carbons (Fsp3) is 0.917. The summed E-state index contributed by atoms with van der Waals surface area (Å²) < 4.78 is 17.6. The molecule has 8 nitrogen and oxygen atoms in total. The van der Waals surface area contributed by atoms with Gasteiger partial charge in [0.1, 0.15) is 29.4 Å². The van der Waals surface area contributed by atoms with Gasteiger partial charge in [0, 0.05) is 35.5 Å². The lowest BCUT2D eigenvalue weighted by Crippen LogP contribution is -2.70. The van der Waals surface area contributed by atoms with Gasteiger partial charge in [-0.2, -0.15) is 0 Å². The molecule has 2 saturated carbocycles. The van der Waals surface area contributed by atoms with Crippen molar-refractivity contribution in [2.45, 2.75) is 95.8 Å². The zero-order valence-corrected chi connectivity index (χ0v) is 19.1. The van der Waals surface area contributed by atoms with Crippen molar-refractivity contribution < 1.29 is 39.1 Å². The van der Waals surface area contributed by atoms with Crippen LogP contribution in [0.15, 0.2) is 0 Å². The quantitative estimate of drug-likeness (QED) is 0.581. The van der Waals surface area contributed by atoms with E-state index in [1.54, 1.807) is 0 Å². The van der Waals surface area contributed by atoms with Crippen LogP contribution in [0.25, 0.3) is 0 Å². The van der Waals surface area contributed by atoms with Gasteiger partial charge in [-0.15, -0.1) is 0 Å². The molecule has 0 amide bonds. The number of ketones is 2. The van der Waals surface area contributed by atoms with E-state index >= 15 is 0 Å². The summed E-state index contributed by atoms with van der Waals surface area (Å²) in [4.78, 5) is 26.0. The van der Waals surface area contributed by atoms with Crippen molar-refractivity contribution in [2.75, 3.05) is 6.61 Å². The van der Waals surface area contributed by atoms with Gasteiger partial charge >= 0.3 is 0 Å². The number of aliphatic hydroxyl groups is 3. The van der Waals surface area contributed by atoms with E-state index < -0.39 is 53.7 Å². The second kappa shape index (κ2) is 7.82. The molecule has 5 rings (SSSR count). The molecule has 3 N–H and O–H groups in total. The molecule has 8 heteroatoms. The molecule has 5 aliphatic rings. The van der Waals surface area contributed by atoms with Crippen LogP contribution in [0.1, 0.15) is 59.3 Å². The SMILES string of the molecule is CC(C)C(=O)CC[C@]1(C)CCC2[C@H](CC[C@H]3[C@@H]4[C@@H]2O[C@@H]2OC[C@@H](O)[C@H](O[C@@H]3O)[C@]24O)C1=O. The highest BCUT2D eigenvalue weighted by Gasteiger charge is 2.72. The summed E-state index contributed by atoms with van der Waals surface area (Å²) in [5, 5.41) is 32.9. The standard InChI is InChI=1S/C24H36O8/c1-11(2)15(25)7-9-23(3)8-6-12-13(19(23)27)4-5-14-17-18(12)31-22-24(17,29)20(32-21(14)28)16(26)10-30-22/h11-14,16-18,20-22,26,28-29H,4-10H2,1-3H3/t12?,13-,14-,16+,17+,18+,20-,21-,22-,23-,24-/m0/s1. The second-order valence-electron chi connectivity index (χ2n) is 11.3. The number of aliphatic hydroxyl groups excluding tert-OH is 2. The summed E-state index contributed by atoms with van der Waals surface area (Å²) in [6.07, 6.45) is -1.04. The Kier molecular flexibility index (Phi) is 5.59. The van der Waals surface area contributed by atoms with Crippen LogP contribution >= 0.6 is 0 Å². The Bertz CT molecular complexity index is 784. The molecule has 0 aromatic rings. The van der Waals surface area contributed by atoms with Crippen molar-refractivity contribution in [3.8, 4) is 0 Å². The topological polar surface area (TPSA) is 123 Å². The highest BCUT2D eigenvalue weighted by atomic mass is 16.7. The zero-order valence-electron chi connectivity index (χ0n) is 19.1. The first kappa shape index (κ1) is 22.9. The number of hydrogen-bond acceptors (Lipinski definition) is 8. The van der Waals surface area contributed by atoms with E-state index in [-0.39, 0.29) is 35.9 Å². The number of Topliss-reactive ketones (excluding diaryl/α,β-unsaturated/α-hetero) is 2. The molecule has 180 valence electrons. The van der Waals surface area contributed by atoms with Gasteiger partial charge in [0.15, 0.2) is 12.6 Å². The molecule has 0 aromatic carbocycles. The number of fused-ring (bicyclic) bond motifs is 2. The lowest BCUT2D eigenvalue weighted by Gasteiger charge is -2.52. The highest BCUT2D eigenvalue weighted by Crippen LogP contribution is 2.59. The second-order valence-corrected chi connectivity index (χ2v) is 11.3. The summed E-state index contributed by atoms with van der Waals surface area (Å²) in [5.74, 6) is -0.890. The predicted molar refractivity (Wildman–Crippen MR) is 111 cm³/mol. The Balaban J connectivity index is 1.43. The summed E-state index contributed by atoms with van der Waals surface area (Å²) >= 11 is 0. The van der Waals surface area contributed by atoms with E-state index in [1.165, 1.54) is 0 Å². The van der Waals surface area contributed by atoms with Crippen LogP contribution in [-0.2, 0) is 23.8 Å². The van der Waals surface area contributed by atoms with Gasteiger partial charge in [0.2, 0.25) is 0 Å². The smallest absolute Gasteiger partial charge is 0.189 e. The molecule has 0 aromatic heterocycles. The Hall–Kier alpha value is -0.900. The monoisotopic (exact) mass is 452 g/mol. The number of carbonyl (C=O) groups is 2. The molecule has 32 heavy (non-hydrogen) atoms. The molecule has 1 unspecified atom stereocenters. The number of ether oxygens (including phenoxy) is 3. The van der Waals surface area contributed by atoms with Crippen LogP contribution in [0.2, 0.25) is 0 Å². The van der Waals surface area contributed by atoms with Crippen molar-refractivity contribution in [1.29, 1.82) is 0 Å². The van der Waals surface area contributed by atoms with Crippen LogP contribution in [0, 0.1) is 35.0 Å². The van der Waals surface area contributed by atoms with Gasteiger partial charge in [-0.05, 0) is 38.0 Å². The van der Waals surface area contributed by atoms with Crippen molar-refractivity contribution >= 4 is 11.6 Å². The van der Waals surface area contributed by atoms with Gasteiger partial charge in [0.05, 0.1) is 12.7 Å². The van der Waals surface area contributed by atoms with E-state index in [1.807, 2.05) is 20.8 Å². The molecule has 2 aliphatic carbocycles. The maximum Gasteiger partial charge on any atom is 0.189 e. The predicted octanol–water partition coefficient (Wildman–Crippen LogP) is 1.18. The largest absolute Gasteiger partial charge is 0.388 e. The third-order valence-electron chi connectivity index (χ3n) is 9.16. The molecule has 0 radical (unpaired) electrons. The van der Waals surface area contributed by atoms with Crippen LogP contribution < -0.4 is 0 Å². The van der Waals surface area contributed by atoms with E-state index in [2.05, 4.69) is 0 Å². The van der Waals surface area contributed by atoms with E-state index in [0.29, 0.717) is 32.1 Å². The van der Waals surface area contributed by atoms with E-state index in [0.717, 1.165) is 6.42 Å². The first-order valence-corrected chi connectivity index (χ1v) is 12.2. The molecule has 3 heterocycles. The lowest BCUT2D eigenvalue weighted by molar-refractivity contribution is -0.354. The average Bonchev–Trinajstić information content (AvgIpc) is 2.93. The molecular weight excluding hydrogens is 416 g/mol. The molecule has 0 bridgehead atoms. The number of hydrogen-bond donors (Lipinski definition) is 3. The molecule has 0 spiro atoms. The van der Waals surface area contributed by atoms with Gasteiger partial charge in [-0.25, -0.2) is 0 Å². The normalized spacial score (nSPS) is 52.3. The van der Waals surface area contributed by atoms with Crippen LogP contribution in [0.5, 0.6) is 0 Å². The Morgan fingerprint density at radius 1 is 1.16 bits per heavy atom. The first-order chi connectivity index (χ1) is 15.1. The molecule has 11 atom stereocenters. The number of carbonyl (C=O) groups excluding carboxylic acids is 2. The highest BCUT2D eigenvalue weighted by molar-refractivity contribution is 5.89. The van der Waals surface area contributed by atoms with Crippen molar-refractivity contribution in [3.05, 3.63) is 0 Å². The summed E-state index contributed by atoms with van der Waals surface area (Å²) in [6, 6.07) is 0. The molecular formula is C24H36O8. The van der Waals surface area contributed by atoms with Crippen LogP contribution in [0.4, 0.5) is 0 Å². The number of rotatable bonds is 4. The summed E-state index contributed by atoms with van der Waals surface area (Å²) in [6.45, 7) is 5.71. The minimum atomic E-state index is -1.55. The molecule has 3 saturated heterocycles. The van der Waals surface area contributed by atoms with Crippen molar-refractivity contribution in [1.82, 2.24) is 0 Å². The first-order valence-electron chi connectivity index (χ1n) is 12.2. The average molecular weight is 453 g/mol. The van der Waals surface area contributed by atoms with Crippen LogP contribution in [0.3, 0.4) is 0 Å². The summed E-state index contributed by atoms with van der Waals surface area (Å²) in [7, 11) is 0. The van der Waals surface area contributed by atoms with Crippen molar-refractivity contribution in [2.24, 2.45) is 35.0 Å². The molecule has 5 fully saturated rings. The van der Waals surface area contributed by atoms with Crippen LogP contribution in [-0.4, -0.2) is 70.0 Å². The maximum absolute atomic E-state index is 13.7. The minimum absolute atomic E-state index is 0.0354. The van der Waals surface area contributed by atoms with Gasteiger partial charge in [-0.1, -0.05) is 20.8 Å². The van der Waals surface area contributed by atoms with Gasteiger partial charge in [0.25, 0.3) is 0 Å². The van der Waals surface area contributed by atoms with Gasteiger partial charge < -0.3 is 29.5 Å². The summed E-state index contributed by atoms with van der Waals surface area (Å²) in [5.41, 5.74) is -2.09. The van der Waals surface area contributed by atoms with E-state index in [9.17, 15) is 24.9 Å². The Labute approximate surface area is 188 Å². The fourth-order valence-corrected chi connectivity index (χ4v) is 7.24.